The van der Waals surface area contributed by atoms with Crippen molar-refractivity contribution in [2.45, 2.75) is 45.2 Å². The maximum atomic E-state index is 6.10. The van der Waals surface area contributed by atoms with Crippen molar-refractivity contribution < 1.29 is 4.74 Å². The van der Waals surface area contributed by atoms with Gasteiger partial charge in [-0.2, -0.15) is 0 Å². The van der Waals surface area contributed by atoms with E-state index in [9.17, 15) is 0 Å². The number of piperidine rings is 1. The molecule has 2 fully saturated rings. The summed E-state index contributed by atoms with van der Waals surface area (Å²) in [5, 5.41) is 0. The molecule has 4 atom stereocenters. The van der Waals surface area contributed by atoms with Crippen molar-refractivity contribution in [1.29, 1.82) is 0 Å². The lowest BCUT2D eigenvalue weighted by atomic mass is 9.87. The summed E-state index contributed by atoms with van der Waals surface area (Å²) in [4.78, 5) is 2.62. The summed E-state index contributed by atoms with van der Waals surface area (Å²) in [6.07, 6.45) is 3.72. The van der Waals surface area contributed by atoms with Crippen LogP contribution in [0, 0.1) is 11.8 Å². The third-order valence-corrected chi connectivity index (χ3v) is 4.61. The minimum absolute atomic E-state index is 0.404. The Labute approximate surface area is 99.3 Å². The first-order valence-electron chi connectivity index (χ1n) is 6.76. The molecular formula is C13H26N2O. The van der Waals surface area contributed by atoms with Gasteiger partial charge in [-0.3, -0.25) is 0 Å². The van der Waals surface area contributed by atoms with Gasteiger partial charge >= 0.3 is 0 Å². The van der Waals surface area contributed by atoms with Crippen molar-refractivity contribution in [3.63, 3.8) is 0 Å². The van der Waals surface area contributed by atoms with E-state index in [0.29, 0.717) is 18.0 Å². The summed E-state index contributed by atoms with van der Waals surface area (Å²) >= 11 is 0. The zero-order chi connectivity index (χ0) is 11.5. The van der Waals surface area contributed by atoms with Gasteiger partial charge in [-0.25, -0.2) is 0 Å². The van der Waals surface area contributed by atoms with E-state index >= 15 is 0 Å². The molecular weight excluding hydrogens is 200 g/mol. The van der Waals surface area contributed by atoms with Crippen LogP contribution in [0.4, 0.5) is 0 Å². The summed E-state index contributed by atoms with van der Waals surface area (Å²) in [5.74, 6) is 1.44. The second kappa shape index (κ2) is 5.48. The molecule has 3 heteroatoms. The average Bonchev–Trinajstić information content (AvgIpc) is 2.78. The Morgan fingerprint density at radius 3 is 2.81 bits per heavy atom. The topological polar surface area (TPSA) is 38.5 Å². The maximum Gasteiger partial charge on any atom is 0.0495 e. The first-order chi connectivity index (χ1) is 7.68. The lowest BCUT2D eigenvalue weighted by Crippen LogP contribution is -2.52. The van der Waals surface area contributed by atoms with E-state index in [4.69, 9.17) is 10.5 Å². The first-order valence-corrected chi connectivity index (χ1v) is 6.76. The predicted molar refractivity (Wildman–Crippen MR) is 66.3 cm³/mol. The third kappa shape index (κ3) is 2.76. The van der Waals surface area contributed by atoms with Crippen molar-refractivity contribution in [3.8, 4) is 0 Å². The van der Waals surface area contributed by atoms with Gasteiger partial charge in [0.2, 0.25) is 0 Å². The van der Waals surface area contributed by atoms with Crippen LogP contribution in [0.1, 0.15) is 33.1 Å². The molecule has 4 unspecified atom stereocenters. The van der Waals surface area contributed by atoms with Gasteiger partial charge in [0.05, 0.1) is 0 Å². The van der Waals surface area contributed by atoms with E-state index < -0.39 is 0 Å². The zero-order valence-corrected chi connectivity index (χ0v) is 10.7. The highest BCUT2D eigenvalue weighted by Crippen LogP contribution is 2.24. The van der Waals surface area contributed by atoms with Crippen molar-refractivity contribution in [2.75, 3.05) is 26.3 Å². The summed E-state index contributed by atoms with van der Waals surface area (Å²) in [5.41, 5.74) is 6.10. The van der Waals surface area contributed by atoms with Crippen LogP contribution in [0.5, 0.6) is 0 Å². The van der Waals surface area contributed by atoms with Crippen LogP contribution < -0.4 is 5.73 Å². The predicted octanol–water partition coefficient (Wildman–Crippen LogP) is 1.47. The van der Waals surface area contributed by atoms with E-state index in [1.165, 1.54) is 25.9 Å². The molecule has 0 aromatic heterocycles. The second-order valence-corrected chi connectivity index (χ2v) is 5.61. The van der Waals surface area contributed by atoms with Crippen LogP contribution in [0.25, 0.3) is 0 Å². The molecule has 2 aliphatic heterocycles. The van der Waals surface area contributed by atoms with E-state index in [0.717, 1.165) is 25.6 Å². The molecule has 2 aliphatic rings. The minimum atomic E-state index is 0.404. The molecule has 0 aromatic carbocycles. The standard InChI is InChI=1S/C13H26N2O/c1-10-11(2)15(7-4-13(10)14)6-3-12-5-8-16-9-12/h10-13H,3-9,14H2,1-2H3. The Balaban J connectivity index is 1.76. The number of likely N-dealkylation sites (tertiary alicyclic amines) is 1. The van der Waals surface area contributed by atoms with Crippen molar-refractivity contribution in [3.05, 3.63) is 0 Å². The van der Waals surface area contributed by atoms with Crippen molar-refractivity contribution >= 4 is 0 Å². The lowest BCUT2D eigenvalue weighted by molar-refractivity contribution is 0.0900. The molecule has 2 saturated heterocycles. The fourth-order valence-electron chi connectivity index (χ4n) is 2.95. The van der Waals surface area contributed by atoms with Gasteiger partial charge < -0.3 is 15.4 Å². The van der Waals surface area contributed by atoms with Gasteiger partial charge in [0, 0.05) is 25.3 Å². The Morgan fingerprint density at radius 2 is 2.12 bits per heavy atom. The normalized spacial score (nSPS) is 41.4. The molecule has 0 aliphatic carbocycles. The molecule has 0 spiro atoms. The van der Waals surface area contributed by atoms with Crippen molar-refractivity contribution in [1.82, 2.24) is 4.90 Å². The minimum Gasteiger partial charge on any atom is -0.381 e. The summed E-state index contributed by atoms with van der Waals surface area (Å²) < 4.78 is 5.42. The molecule has 2 heterocycles. The Hall–Kier alpha value is -0.120. The lowest BCUT2D eigenvalue weighted by Gasteiger charge is -2.41. The first kappa shape index (κ1) is 12.3. The van der Waals surface area contributed by atoms with Crippen molar-refractivity contribution in [2.24, 2.45) is 17.6 Å². The number of rotatable bonds is 3. The molecule has 3 nitrogen and oxygen atoms in total. The Kier molecular flexibility index (Phi) is 4.22. The highest BCUT2D eigenvalue weighted by atomic mass is 16.5. The maximum absolute atomic E-state index is 6.10. The highest BCUT2D eigenvalue weighted by molar-refractivity contribution is 4.86. The van der Waals surface area contributed by atoms with E-state index in [2.05, 4.69) is 18.7 Å². The SMILES string of the molecule is CC1C(N)CCN(CCC2CCOC2)C1C. The monoisotopic (exact) mass is 226 g/mol. The van der Waals surface area contributed by atoms with Crippen LogP contribution in [0.15, 0.2) is 0 Å². The fraction of sp³-hybridized carbons (Fsp3) is 1.00. The molecule has 0 bridgehead atoms. The Bertz CT molecular complexity index is 216. The van der Waals surface area contributed by atoms with E-state index in [1.54, 1.807) is 0 Å². The number of hydrogen-bond acceptors (Lipinski definition) is 3. The number of ether oxygens (including phenoxy) is 1. The van der Waals surface area contributed by atoms with Crippen LogP contribution >= 0.6 is 0 Å². The van der Waals surface area contributed by atoms with Gasteiger partial charge in [0.25, 0.3) is 0 Å². The third-order valence-electron chi connectivity index (χ3n) is 4.61. The molecule has 16 heavy (non-hydrogen) atoms. The van der Waals surface area contributed by atoms with Gasteiger partial charge in [-0.15, -0.1) is 0 Å². The van der Waals surface area contributed by atoms with Gasteiger partial charge in [-0.1, -0.05) is 6.92 Å². The molecule has 0 saturated carbocycles. The van der Waals surface area contributed by atoms with Gasteiger partial charge in [-0.05, 0) is 51.1 Å². The number of nitrogens with two attached hydrogens (primary N) is 1. The largest absolute Gasteiger partial charge is 0.381 e. The number of nitrogens with zero attached hydrogens (tertiary/aromatic N) is 1. The molecule has 0 amide bonds. The highest BCUT2D eigenvalue weighted by Gasteiger charge is 2.30. The van der Waals surface area contributed by atoms with Gasteiger partial charge in [0.15, 0.2) is 0 Å². The molecule has 2 rings (SSSR count). The molecule has 0 radical (unpaired) electrons. The second-order valence-electron chi connectivity index (χ2n) is 5.61. The number of hydrogen-bond donors (Lipinski definition) is 1. The van der Waals surface area contributed by atoms with Crippen LogP contribution in [0.3, 0.4) is 0 Å². The summed E-state index contributed by atoms with van der Waals surface area (Å²) in [6.45, 7) is 8.99. The Morgan fingerprint density at radius 1 is 1.31 bits per heavy atom. The fourth-order valence-corrected chi connectivity index (χ4v) is 2.95. The average molecular weight is 226 g/mol. The van der Waals surface area contributed by atoms with Crippen LogP contribution in [0.2, 0.25) is 0 Å². The van der Waals surface area contributed by atoms with E-state index in [1.807, 2.05) is 0 Å². The van der Waals surface area contributed by atoms with Crippen LogP contribution in [-0.4, -0.2) is 43.3 Å². The molecule has 2 N–H and O–H groups in total. The zero-order valence-electron chi connectivity index (χ0n) is 10.7. The van der Waals surface area contributed by atoms with Crippen LogP contribution in [-0.2, 0) is 4.74 Å². The summed E-state index contributed by atoms with van der Waals surface area (Å²) in [6, 6.07) is 1.05. The van der Waals surface area contributed by atoms with E-state index in [-0.39, 0.29) is 0 Å². The van der Waals surface area contributed by atoms with Gasteiger partial charge in [0.1, 0.15) is 0 Å². The molecule has 0 aromatic rings. The summed E-state index contributed by atoms with van der Waals surface area (Å²) in [7, 11) is 0. The smallest absolute Gasteiger partial charge is 0.0495 e. The molecule has 94 valence electrons. The quantitative estimate of drug-likeness (QED) is 0.792.